The molecule has 1 fully saturated rings. The number of rotatable bonds is 4. The van der Waals surface area contributed by atoms with Gasteiger partial charge in [-0.3, -0.25) is 9.78 Å². The van der Waals surface area contributed by atoms with Crippen LogP contribution in [-0.2, 0) is 16.4 Å². The SMILES string of the molecule is N#C[C@H](C(=O)C1(c2cccc(Cl)c2)CC1)c1ccc(C(F)(F)F)cn1. The molecule has 128 valence electrons. The van der Waals surface area contributed by atoms with Crippen LogP contribution in [0.1, 0.15) is 35.6 Å². The van der Waals surface area contributed by atoms with Gasteiger partial charge in [-0.05, 0) is 42.7 Å². The quantitative estimate of drug-likeness (QED) is 0.792. The van der Waals surface area contributed by atoms with Crippen molar-refractivity contribution in [2.45, 2.75) is 30.4 Å². The minimum absolute atomic E-state index is 0.0220. The van der Waals surface area contributed by atoms with Crippen molar-refractivity contribution < 1.29 is 18.0 Å². The highest BCUT2D eigenvalue weighted by Gasteiger charge is 2.53. The molecule has 1 saturated carbocycles. The van der Waals surface area contributed by atoms with Gasteiger partial charge in [0, 0.05) is 11.2 Å². The number of benzene rings is 1. The molecule has 0 unspecified atom stereocenters. The predicted molar refractivity (Wildman–Crippen MR) is 85.0 cm³/mol. The van der Waals surface area contributed by atoms with Crippen LogP contribution in [0, 0.1) is 11.3 Å². The standard InChI is InChI=1S/C18H12ClF3N2O/c19-13-3-1-2-11(8-13)17(6-7-17)16(25)14(9-23)15-5-4-12(10-24-15)18(20,21)22/h1-5,8,10,14H,6-7H2/t14-/m0/s1. The van der Waals surface area contributed by atoms with Gasteiger partial charge >= 0.3 is 6.18 Å². The molecule has 0 spiro atoms. The van der Waals surface area contributed by atoms with Crippen molar-refractivity contribution in [3.63, 3.8) is 0 Å². The molecule has 0 bridgehead atoms. The van der Waals surface area contributed by atoms with Crippen molar-refractivity contribution in [1.82, 2.24) is 4.98 Å². The Morgan fingerprint density at radius 2 is 2.00 bits per heavy atom. The normalized spacial score (nSPS) is 16.8. The van der Waals surface area contributed by atoms with Gasteiger partial charge in [-0.15, -0.1) is 0 Å². The van der Waals surface area contributed by atoms with Crippen LogP contribution in [0.5, 0.6) is 0 Å². The zero-order chi connectivity index (χ0) is 18.2. The van der Waals surface area contributed by atoms with Crippen LogP contribution in [0.3, 0.4) is 0 Å². The maximum atomic E-state index is 12.9. The summed E-state index contributed by atoms with van der Waals surface area (Å²) in [6.45, 7) is 0. The van der Waals surface area contributed by atoms with Crippen molar-refractivity contribution in [2.75, 3.05) is 0 Å². The molecule has 0 aliphatic heterocycles. The van der Waals surface area contributed by atoms with Gasteiger partial charge in [-0.2, -0.15) is 18.4 Å². The Hall–Kier alpha value is -2.39. The number of nitriles is 1. The lowest BCUT2D eigenvalue weighted by Crippen LogP contribution is -2.27. The summed E-state index contributed by atoms with van der Waals surface area (Å²) in [5.74, 6) is -1.58. The minimum Gasteiger partial charge on any atom is -0.297 e. The van der Waals surface area contributed by atoms with Crippen LogP contribution in [-0.4, -0.2) is 10.8 Å². The first-order chi connectivity index (χ1) is 11.8. The Kier molecular flexibility index (Phi) is 4.29. The topological polar surface area (TPSA) is 53.8 Å². The maximum absolute atomic E-state index is 12.9. The van der Waals surface area contributed by atoms with E-state index in [2.05, 4.69) is 4.98 Å². The van der Waals surface area contributed by atoms with Crippen LogP contribution in [0.25, 0.3) is 0 Å². The summed E-state index contributed by atoms with van der Waals surface area (Å²) in [7, 11) is 0. The number of hydrogen-bond acceptors (Lipinski definition) is 3. The van der Waals surface area contributed by atoms with Crippen LogP contribution < -0.4 is 0 Å². The van der Waals surface area contributed by atoms with Gasteiger partial charge in [0.2, 0.25) is 0 Å². The first-order valence-electron chi connectivity index (χ1n) is 7.51. The van der Waals surface area contributed by atoms with Gasteiger partial charge in [-0.1, -0.05) is 23.7 Å². The van der Waals surface area contributed by atoms with Crippen LogP contribution >= 0.6 is 11.6 Å². The summed E-state index contributed by atoms with van der Waals surface area (Å²) >= 11 is 5.98. The highest BCUT2D eigenvalue weighted by atomic mass is 35.5. The number of pyridine rings is 1. The lowest BCUT2D eigenvalue weighted by Gasteiger charge is -2.18. The van der Waals surface area contributed by atoms with E-state index in [1.54, 1.807) is 24.3 Å². The number of carbonyl (C=O) groups excluding carboxylic acids is 1. The van der Waals surface area contributed by atoms with Gasteiger partial charge in [0.15, 0.2) is 5.78 Å². The number of alkyl halides is 3. The van der Waals surface area contributed by atoms with Gasteiger partial charge in [-0.25, -0.2) is 0 Å². The maximum Gasteiger partial charge on any atom is 0.417 e. The van der Waals surface area contributed by atoms with Gasteiger partial charge < -0.3 is 0 Å². The molecule has 1 heterocycles. The first-order valence-corrected chi connectivity index (χ1v) is 7.89. The van der Waals surface area contributed by atoms with E-state index in [1.807, 2.05) is 6.07 Å². The smallest absolute Gasteiger partial charge is 0.297 e. The molecule has 0 saturated heterocycles. The van der Waals surface area contributed by atoms with Crippen molar-refractivity contribution in [3.8, 4) is 6.07 Å². The second-order valence-electron chi connectivity index (χ2n) is 5.99. The molecule has 0 amide bonds. The number of ketones is 1. The summed E-state index contributed by atoms with van der Waals surface area (Å²) in [6.07, 6.45) is -2.72. The molecular formula is C18H12ClF3N2O. The Morgan fingerprint density at radius 3 is 2.48 bits per heavy atom. The molecule has 0 radical (unpaired) electrons. The van der Waals surface area contributed by atoms with Crippen LogP contribution in [0.4, 0.5) is 13.2 Å². The molecule has 25 heavy (non-hydrogen) atoms. The first kappa shape index (κ1) is 17.4. The number of halogens is 4. The van der Waals surface area contributed by atoms with Crippen molar-refractivity contribution in [1.29, 1.82) is 5.26 Å². The summed E-state index contributed by atoms with van der Waals surface area (Å²) in [5, 5.41) is 9.90. The average molecular weight is 365 g/mol. The largest absolute Gasteiger partial charge is 0.417 e. The van der Waals surface area contributed by atoms with E-state index < -0.39 is 23.1 Å². The van der Waals surface area contributed by atoms with Crippen LogP contribution in [0.15, 0.2) is 42.6 Å². The number of aromatic nitrogens is 1. The van der Waals surface area contributed by atoms with E-state index in [1.165, 1.54) is 0 Å². The van der Waals surface area contributed by atoms with E-state index in [0.717, 1.165) is 17.7 Å². The summed E-state index contributed by atoms with van der Waals surface area (Å²) in [4.78, 5) is 16.6. The molecule has 1 aliphatic carbocycles. The molecule has 7 heteroatoms. The molecule has 1 aliphatic rings. The van der Waals surface area contributed by atoms with Gasteiger partial charge in [0.25, 0.3) is 0 Å². The van der Waals surface area contributed by atoms with Gasteiger partial charge in [0.05, 0.1) is 22.7 Å². The molecule has 1 aromatic carbocycles. The average Bonchev–Trinajstić information content (AvgIpc) is 3.37. The van der Waals surface area contributed by atoms with Crippen molar-refractivity contribution in [2.24, 2.45) is 0 Å². The van der Waals surface area contributed by atoms with E-state index in [9.17, 15) is 23.2 Å². The third-order valence-corrected chi connectivity index (χ3v) is 4.63. The molecular weight excluding hydrogens is 353 g/mol. The second-order valence-corrected chi connectivity index (χ2v) is 6.42. The van der Waals surface area contributed by atoms with Crippen molar-refractivity contribution >= 4 is 17.4 Å². The zero-order valence-corrected chi connectivity index (χ0v) is 13.6. The molecule has 3 nitrogen and oxygen atoms in total. The lowest BCUT2D eigenvalue weighted by molar-refractivity contribution is -0.137. The summed E-state index contributed by atoms with van der Waals surface area (Å²) < 4.78 is 37.9. The van der Waals surface area contributed by atoms with E-state index >= 15 is 0 Å². The van der Waals surface area contributed by atoms with Gasteiger partial charge in [0.1, 0.15) is 5.92 Å². The summed E-state index contributed by atoms with van der Waals surface area (Å²) in [5.41, 5.74) is -0.988. The highest BCUT2D eigenvalue weighted by molar-refractivity contribution is 6.30. The Labute approximate surface area is 147 Å². The fourth-order valence-corrected chi connectivity index (χ4v) is 3.06. The fraction of sp³-hybridized carbons (Fsp3) is 0.278. The zero-order valence-electron chi connectivity index (χ0n) is 12.8. The third kappa shape index (κ3) is 3.24. The Morgan fingerprint density at radius 1 is 1.28 bits per heavy atom. The van der Waals surface area contributed by atoms with E-state index in [4.69, 9.17) is 11.6 Å². The Balaban J connectivity index is 1.91. The van der Waals surface area contributed by atoms with E-state index in [-0.39, 0.29) is 11.5 Å². The minimum atomic E-state index is -4.52. The molecule has 3 rings (SSSR count). The molecule has 1 aromatic heterocycles. The van der Waals surface area contributed by atoms with E-state index in [0.29, 0.717) is 24.1 Å². The monoisotopic (exact) mass is 364 g/mol. The predicted octanol–water partition coefficient (Wildman–Crippen LogP) is 4.66. The van der Waals surface area contributed by atoms with Crippen molar-refractivity contribution in [3.05, 3.63) is 64.4 Å². The number of nitrogens with zero attached hydrogens (tertiary/aromatic N) is 2. The molecule has 0 N–H and O–H groups in total. The molecule has 2 aromatic rings. The number of Topliss-reactive ketones (excluding diaryl/α,β-unsaturated/α-hetero) is 1. The number of carbonyl (C=O) groups is 1. The summed E-state index contributed by atoms with van der Waals surface area (Å²) in [6, 6.07) is 10.7. The second kappa shape index (κ2) is 6.16. The van der Waals surface area contributed by atoms with Crippen LogP contribution in [0.2, 0.25) is 5.02 Å². The third-order valence-electron chi connectivity index (χ3n) is 4.40. The highest BCUT2D eigenvalue weighted by Crippen LogP contribution is 2.51. The Bertz CT molecular complexity index is 852. The number of hydrogen-bond donors (Lipinski definition) is 0. The fourth-order valence-electron chi connectivity index (χ4n) is 2.87. The lowest BCUT2D eigenvalue weighted by atomic mass is 9.83. The molecule has 1 atom stereocenters.